The third-order valence-corrected chi connectivity index (χ3v) is 5.75. The number of carbonyl (C=O) groups is 2. The maximum Gasteiger partial charge on any atom is 0.363 e. The van der Waals surface area contributed by atoms with E-state index in [4.69, 9.17) is 28.4 Å². The molecule has 3 aromatic carbocycles. The number of carbonyl (C=O) groups excluding carboxylic acids is 2. The number of benzene rings is 3. The molecule has 12 nitrogen and oxygen atoms in total. The Kier molecular flexibility index (Phi) is 8.63. The molecule has 0 spiro atoms. The summed E-state index contributed by atoms with van der Waals surface area (Å²) in [5, 5.41) is 10.8. The Morgan fingerprint density at radius 3 is 2.07 bits per heavy atom. The van der Waals surface area contributed by atoms with E-state index in [9.17, 15) is 19.7 Å². The monoisotopic (exact) mass is 560 g/mol. The van der Waals surface area contributed by atoms with Gasteiger partial charge < -0.3 is 28.4 Å². The van der Waals surface area contributed by atoms with E-state index in [1.165, 1.54) is 77.0 Å². The molecule has 1 aliphatic rings. The van der Waals surface area contributed by atoms with Crippen molar-refractivity contribution >= 4 is 35.7 Å². The number of methoxy groups -OCH3 is 4. The summed E-state index contributed by atoms with van der Waals surface area (Å²) in [5.41, 5.74) is 1.53. The summed E-state index contributed by atoms with van der Waals surface area (Å²) in [7, 11) is 5.82. The first kappa shape index (κ1) is 28.4. The number of non-ortho nitro benzene ring substituents is 1. The fourth-order valence-corrected chi connectivity index (χ4v) is 3.77. The van der Waals surface area contributed by atoms with Crippen molar-refractivity contribution < 1.29 is 42.9 Å². The Labute approximate surface area is 234 Å². The fraction of sp³-hybridized carbons (Fsp3) is 0.138. The smallest absolute Gasteiger partial charge is 0.363 e. The van der Waals surface area contributed by atoms with Crippen molar-refractivity contribution in [3.8, 4) is 28.7 Å². The van der Waals surface area contributed by atoms with Crippen molar-refractivity contribution in [3.05, 3.63) is 93.2 Å². The molecule has 3 aromatic rings. The molecule has 1 heterocycles. The number of nitrogens with zero attached hydrogens (tertiary/aromatic N) is 2. The molecule has 0 aromatic heterocycles. The first-order valence-electron chi connectivity index (χ1n) is 11.9. The van der Waals surface area contributed by atoms with Crippen LogP contribution in [0.5, 0.6) is 28.7 Å². The minimum atomic E-state index is -0.688. The molecule has 1 aliphatic heterocycles. The summed E-state index contributed by atoms with van der Waals surface area (Å²) < 4.78 is 32.1. The highest BCUT2D eigenvalue weighted by Gasteiger charge is 2.26. The lowest BCUT2D eigenvalue weighted by Crippen LogP contribution is -2.07. The number of nitro benzene ring substituents is 1. The fourth-order valence-electron chi connectivity index (χ4n) is 3.77. The quantitative estimate of drug-likeness (QED) is 0.113. The molecule has 0 saturated carbocycles. The summed E-state index contributed by atoms with van der Waals surface area (Å²) in [6.45, 7) is 0. The number of ether oxygens (including phenoxy) is 6. The molecule has 0 atom stereocenters. The van der Waals surface area contributed by atoms with Crippen molar-refractivity contribution in [3.63, 3.8) is 0 Å². The molecule has 210 valence electrons. The normalized spacial score (nSPS) is 13.5. The lowest BCUT2D eigenvalue weighted by Gasteiger charge is -2.13. The van der Waals surface area contributed by atoms with Crippen LogP contribution in [0.3, 0.4) is 0 Å². The Morgan fingerprint density at radius 2 is 1.49 bits per heavy atom. The molecule has 0 amide bonds. The number of hydrogen-bond donors (Lipinski definition) is 0. The number of cyclic esters (lactones) is 1. The van der Waals surface area contributed by atoms with Gasteiger partial charge in [-0.25, -0.2) is 14.6 Å². The molecule has 0 fully saturated rings. The van der Waals surface area contributed by atoms with Crippen molar-refractivity contribution in [2.24, 2.45) is 4.99 Å². The number of nitro groups is 1. The second-order valence-electron chi connectivity index (χ2n) is 8.26. The summed E-state index contributed by atoms with van der Waals surface area (Å²) in [6.07, 6.45) is 4.15. The number of rotatable bonds is 10. The Morgan fingerprint density at radius 1 is 0.854 bits per heavy atom. The molecule has 4 rings (SSSR count). The average molecular weight is 561 g/mol. The van der Waals surface area contributed by atoms with E-state index in [-0.39, 0.29) is 28.8 Å². The van der Waals surface area contributed by atoms with E-state index >= 15 is 0 Å². The minimum absolute atomic E-state index is 0.0339. The zero-order chi connectivity index (χ0) is 29.5. The molecular formula is C29H24N2O10. The molecule has 0 aliphatic carbocycles. The first-order chi connectivity index (χ1) is 19.8. The maximum atomic E-state index is 12.6. The van der Waals surface area contributed by atoms with E-state index in [1.54, 1.807) is 24.3 Å². The lowest BCUT2D eigenvalue weighted by molar-refractivity contribution is -0.384. The van der Waals surface area contributed by atoms with Gasteiger partial charge in [0.05, 0.1) is 33.4 Å². The summed E-state index contributed by atoms with van der Waals surface area (Å²) in [6, 6.07) is 13.6. The Balaban J connectivity index is 1.52. The van der Waals surface area contributed by atoms with Gasteiger partial charge in [0.15, 0.2) is 28.7 Å². The van der Waals surface area contributed by atoms with Gasteiger partial charge in [0.2, 0.25) is 11.6 Å². The second-order valence-corrected chi connectivity index (χ2v) is 8.26. The van der Waals surface area contributed by atoms with Crippen LogP contribution < -0.4 is 23.7 Å². The topological polar surface area (TPSA) is 145 Å². The molecule has 12 heteroatoms. The molecule has 0 N–H and O–H groups in total. The average Bonchev–Trinajstić information content (AvgIpc) is 3.35. The van der Waals surface area contributed by atoms with E-state index in [1.807, 2.05) is 0 Å². The SMILES string of the molecule is COc1cc(/C=C2\N=C(c3cc(OC)c(OC)c(OC)c3)OC2=O)ccc1OC(=O)/C=C/c1ccc([N+](=O)[O-])cc1. The van der Waals surface area contributed by atoms with Gasteiger partial charge in [-0.15, -0.1) is 0 Å². The number of hydrogen-bond acceptors (Lipinski definition) is 11. The minimum Gasteiger partial charge on any atom is -0.493 e. The summed E-state index contributed by atoms with van der Waals surface area (Å²) >= 11 is 0. The van der Waals surface area contributed by atoms with Crippen molar-refractivity contribution in [1.29, 1.82) is 0 Å². The molecular weight excluding hydrogens is 536 g/mol. The predicted molar refractivity (Wildman–Crippen MR) is 147 cm³/mol. The van der Waals surface area contributed by atoms with Crippen LogP contribution in [-0.2, 0) is 14.3 Å². The molecule has 0 bridgehead atoms. The largest absolute Gasteiger partial charge is 0.493 e. The summed E-state index contributed by atoms with van der Waals surface area (Å²) in [5.74, 6) is 0.199. The van der Waals surface area contributed by atoms with Gasteiger partial charge in [-0.3, -0.25) is 10.1 Å². The van der Waals surface area contributed by atoms with Gasteiger partial charge in [-0.1, -0.05) is 6.07 Å². The third-order valence-electron chi connectivity index (χ3n) is 5.75. The van der Waals surface area contributed by atoms with Gasteiger partial charge in [0.25, 0.3) is 5.69 Å². The van der Waals surface area contributed by atoms with Crippen molar-refractivity contribution in [2.45, 2.75) is 0 Å². The van der Waals surface area contributed by atoms with E-state index < -0.39 is 16.9 Å². The predicted octanol–water partition coefficient (Wildman–Crippen LogP) is 4.59. The summed E-state index contributed by atoms with van der Waals surface area (Å²) in [4.78, 5) is 39.5. The van der Waals surface area contributed by atoms with Crippen LogP contribution in [0.4, 0.5) is 5.69 Å². The van der Waals surface area contributed by atoms with Crippen LogP contribution in [0.1, 0.15) is 16.7 Å². The lowest BCUT2D eigenvalue weighted by atomic mass is 10.1. The van der Waals surface area contributed by atoms with Gasteiger partial charge in [-0.05, 0) is 59.7 Å². The molecule has 41 heavy (non-hydrogen) atoms. The zero-order valence-corrected chi connectivity index (χ0v) is 22.4. The van der Waals surface area contributed by atoms with Crippen molar-refractivity contribution in [1.82, 2.24) is 0 Å². The standard InChI is InChI=1S/C29H24N2O10/c1-36-23-14-18(7-11-22(23)40-26(32)12-8-17-5-9-20(10-6-17)31(34)35)13-21-29(33)41-28(30-21)19-15-24(37-2)27(39-4)25(16-19)38-3/h5-16H,1-4H3/b12-8+,21-13-. The third kappa shape index (κ3) is 6.50. The zero-order valence-electron chi connectivity index (χ0n) is 22.4. The van der Waals surface area contributed by atoms with E-state index in [2.05, 4.69) is 4.99 Å². The highest BCUT2D eigenvalue weighted by atomic mass is 16.6. The first-order valence-corrected chi connectivity index (χ1v) is 11.9. The van der Waals surface area contributed by atoms with Gasteiger partial charge in [-0.2, -0.15) is 0 Å². The Bertz CT molecular complexity index is 1560. The molecule has 0 radical (unpaired) electrons. The highest BCUT2D eigenvalue weighted by Crippen LogP contribution is 2.39. The van der Waals surface area contributed by atoms with Gasteiger partial charge >= 0.3 is 11.9 Å². The maximum absolute atomic E-state index is 12.6. The van der Waals surface area contributed by atoms with Gasteiger partial charge in [0.1, 0.15) is 0 Å². The second kappa shape index (κ2) is 12.5. The number of esters is 2. The van der Waals surface area contributed by atoms with E-state index in [0.29, 0.717) is 33.9 Å². The molecule has 0 unspecified atom stereocenters. The van der Waals surface area contributed by atoms with Gasteiger partial charge in [0, 0.05) is 23.8 Å². The molecule has 0 saturated heterocycles. The van der Waals surface area contributed by atoms with Crippen LogP contribution in [0, 0.1) is 10.1 Å². The van der Waals surface area contributed by atoms with E-state index in [0.717, 1.165) is 0 Å². The van der Waals surface area contributed by atoms with Crippen LogP contribution >= 0.6 is 0 Å². The Hall–Kier alpha value is -5.65. The number of aliphatic imine (C=N–C) groups is 1. The van der Waals surface area contributed by atoms with Crippen LogP contribution in [0.2, 0.25) is 0 Å². The van der Waals surface area contributed by atoms with Crippen LogP contribution in [0.25, 0.3) is 12.2 Å². The van der Waals surface area contributed by atoms with Crippen molar-refractivity contribution in [2.75, 3.05) is 28.4 Å². The highest BCUT2D eigenvalue weighted by molar-refractivity contribution is 6.13. The van der Waals surface area contributed by atoms with Crippen LogP contribution in [-0.4, -0.2) is 51.2 Å². The van der Waals surface area contributed by atoms with Crippen LogP contribution in [0.15, 0.2) is 71.4 Å².